The molecule has 1 aromatic carbocycles. The second-order valence-corrected chi connectivity index (χ2v) is 6.37. The third kappa shape index (κ3) is 2.12. The van der Waals surface area contributed by atoms with Crippen LogP contribution in [-0.4, -0.2) is 9.55 Å². The molecular weight excluding hydrogens is 270 g/mol. The third-order valence-corrected chi connectivity index (χ3v) is 4.02. The first-order valence-electron chi connectivity index (χ1n) is 6.39. The van der Waals surface area contributed by atoms with E-state index in [-0.39, 0.29) is 16.3 Å². The summed E-state index contributed by atoms with van der Waals surface area (Å²) in [6, 6.07) is 2.61. The van der Waals surface area contributed by atoms with Gasteiger partial charge in [-0.15, -0.1) is 11.6 Å². The fourth-order valence-corrected chi connectivity index (χ4v) is 2.56. The maximum atomic E-state index is 14.1. The van der Waals surface area contributed by atoms with Gasteiger partial charge in [-0.25, -0.2) is 13.8 Å². The lowest BCUT2D eigenvalue weighted by molar-refractivity contribution is 0.452. The van der Waals surface area contributed by atoms with Crippen LogP contribution in [0.25, 0.3) is 11.0 Å². The topological polar surface area (TPSA) is 17.8 Å². The molecule has 0 bridgehead atoms. The molecule has 1 aromatic heterocycles. The van der Waals surface area contributed by atoms with Gasteiger partial charge in [0.05, 0.1) is 10.9 Å². The fraction of sp³-hybridized carbons (Fsp3) is 0.500. The number of nitrogens with zero attached hydrogens (tertiary/aromatic N) is 2. The Morgan fingerprint density at radius 3 is 2.68 bits per heavy atom. The molecule has 5 heteroatoms. The number of rotatable bonds is 3. The minimum Gasteiger partial charge on any atom is -0.324 e. The molecule has 19 heavy (non-hydrogen) atoms. The predicted octanol–water partition coefficient (Wildman–Crippen LogP) is 4.41. The number of imidazole rings is 1. The Balaban J connectivity index is 2.24. The van der Waals surface area contributed by atoms with E-state index in [1.807, 2.05) is 0 Å². The summed E-state index contributed by atoms with van der Waals surface area (Å²) in [7, 11) is 0. The average molecular weight is 285 g/mol. The number of aromatic nitrogens is 2. The largest absolute Gasteiger partial charge is 0.324 e. The Morgan fingerprint density at radius 1 is 1.42 bits per heavy atom. The van der Waals surface area contributed by atoms with Gasteiger partial charge in [-0.1, -0.05) is 6.92 Å². The van der Waals surface area contributed by atoms with Crippen LogP contribution in [0.15, 0.2) is 12.1 Å². The Morgan fingerprint density at radius 2 is 2.11 bits per heavy atom. The van der Waals surface area contributed by atoms with Crippen molar-refractivity contribution in [2.24, 2.45) is 5.41 Å². The summed E-state index contributed by atoms with van der Waals surface area (Å²) in [6.45, 7) is 4.57. The van der Waals surface area contributed by atoms with E-state index in [0.29, 0.717) is 17.9 Å². The van der Waals surface area contributed by atoms with Crippen molar-refractivity contribution in [2.45, 2.75) is 38.6 Å². The highest BCUT2D eigenvalue weighted by molar-refractivity contribution is 6.20. The lowest BCUT2D eigenvalue weighted by atomic mass is 10.1. The van der Waals surface area contributed by atoms with E-state index >= 15 is 0 Å². The number of hydrogen-bond acceptors (Lipinski definition) is 1. The number of hydrogen-bond donors (Lipinski definition) is 0. The highest BCUT2D eigenvalue weighted by Gasteiger charge is 2.39. The molecule has 2 nitrogen and oxygen atoms in total. The van der Waals surface area contributed by atoms with Crippen LogP contribution in [0, 0.1) is 17.0 Å². The number of fused-ring (bicyclic) bond motifs is 1. The minimum absolute atomic E-state index is 0.160. The van der Waals surface area contributed by atoms with Crippen LogP contribution in [0.1, 0.15) is 37.9 Å². The molecule has 2 aromatic rings. The van der Waals surface area contributed by atoms with E-state index in [9.17, 15) is 8.78 Å². The summed E-state index contributed by atoms with van der Waals surface area (Å²) in [5.41, 5.74) is 0.855. The molecule has 1 heterocycles. The van der Waals surface area contributed by atoms with Crippen molar-refractivity contribution in [3.63, 3.8) is 0 Å². The van der Waals surface area contributed by atoms with Crippen LogP contribution in [-0.2, 0) is 6.54 Å². The van der Waals surface area contributed by atoms with Crippen molar-refractivity contribution in [2.75, 3.05) is 0 Å². The average Bonchev–Trinajstić information content (AvgIpc) is 2.95. The smallest absolute Gasteiger partial charge is 0.184 e. The predicted molar refractivity (Wildman–Crippen MR) is 71.3 cm³/mol. The van der Waals surface area contributed by atoms with Crippen LogP contribution >= 0.6 is 11.6 Å². The number of alkyl halides is 1. The summed E-state index contributed by atoms with van der Waals surface area (Å²) in [6.07, 6.45) is 2.19. The van der Waals surface area contributed by atoms with Crippen LogP contribution in [0.4, 0.5) is 8.78 Å². The van der Waals surface area contributed by atoms with Crippen LogP contribution in [0.5, 0.6) is 0 Å². The summed E-state index contributed by atoms with van der Waals surface area (Å²) >= 11 is 6.12. The lowest BCUT2D eigenvalue weighted by Crippen LogP contribution is -2.12. The van der Waals surface area contributed by atoms with Crippen molar-refractivity contribution >= 4 is 22.6 Å². The van der Waals surface area contributed by atoms with Gasteiger partial charge in [-0.3, -0.25) is 0 Å². The Hall–Kier alpha value is -1.16. The fourth-order valence-electron chi connectivity index (χ4n) is 2.39. The lowest BCUT2D eigenvalue weighted by Gasteiger charge is -2.15. The minimum atomic E-state index is -0.844. The Kier molecular flexibility index (Phi) is 2.82. The molecule has 0 spiro atoms. The Bertz CT molecular complexity index is 644. The molecule has 1 aliphatic carbocycles. The number of halogens is 3. The van der Waals surface area contributed by atoms with Crippen molar-refractivity contribution in [1.82, 2.24) is 9.55 Å². The maximum absolute atomic E-state index is 14.1. The molecule has 3 rings (SSSR count). The molecule has 0 aliphatic heterocycles. The first kappa shape index (κ1) is 12.9. The molecule has 102 valence electrons. The summed E-state index contributed by atoms with van der Waals surface area (Å²) < 4.78 is 29.2. The monoisotopic (exact) mass is 284 g/mol. The van der Waals surface area contributed by atoms with Crippen LogP contribution in [0.2, 0.25) is 0 Å². The molecule has 1 aliphatic rings. The van der Waals surface area contributed by atoms with E-state index in [0.717, 1.165) is 18.9 Å². The summed E-state index contributed by atoms with van der Waals surface area (Å²) in [4.78, 5) is 4.35. The van der Waals surface area contributed by atoms with Gasteiger partial charge in [-0.05, 0) is 37.3 Å². The van der Waals surface area contributed by atoms with Crippen LogP contribution < -0.4 is 0 Å². The molecular formula is C14H15ClF2N2. The zero-order valence-corrected chi connectivity index (χ0v) is 11.6. The number of benzene rings is 1. The van der Waals surface area contributed by atoms with Gasteiger partial charge in [0.15, 0.2) is 11.6 Å². The zero-order valence-electron chi connectivity index (χ0n) is 10.9. The normalized spacial score (nSPS) is 18.8. The third-order valence-electron chi connectivity index (χ3n) is 3.83. The van der Waals surface area contributed by atoms with Crippen LogP contribution in [0.3, 0.4) is 0 Å². The summed E-state index contributed by atoms with van der Waals surface area (Å²) in [5.74, 6) is -1.07. The standard InChI is InChI=1S/C14H15ClF2N2/c1-8(15)13-18-10-4-3-9(16)11(17)12(10)19(13)7-14(2)5-6-14/h3-4,8H,5-7H2,1-2H3. The van der Waals surface area contributed by atoms with E-state index in [1.54, 1.807) is 11.5 Å². The summed E-state index contributed by atoms with van der Waals surface area (Å²) in [5, 5.41) is -0.336. The molecule has 0 saturated heterocycles. The molecule has 1 unspecified atom stereocenters. The second-order valence-electron chi connectivity index (χ2n) is 5.71. The van der Waals surface area contributed by atoms with Gasteiger partial charge >= 0.3 is 0 Å². The van der Waals surface area contributed by atoms with Gasteiger partial charge < -0.3 is 4.57 Å². The quantitative estimate of drug-likeness (QED) is 0.763. The molecule has 0 amide bonds. The molecule has 1 saturated carbocycles. The SMILES string of the molecule is CC(Cl)c1nc2ccc(F)c(F)c2n1CC1(C)CC1. The molecule has 0 radical (unpaired) electrons. The van der Waals surface area contributed by atoms with Gasteiger partial charge in [0, 0.05) is 6.54 Å². The second kappa shape index (κ2) is 4.17. The highest BCUT2D eigenvalue weighted by atomic mass is 35.5. The van der Waals surface area contributed by atoms with Gasteiger partial charge in [0.2, 0.25) is 0 Å². The first-order chi connectivity index (χ1) is 8.91. The molecule has 1 fully saturated rings. The maximum Gasteiger partial charge on any atom is 0.184 e. The van der Waals surface area contributed by atoms with E-state index in [4.69, 9.17) is 11.6 Å². The van der Waals surface area contributed by atoms with E-state index < -0.39 is 11.6 Å². The van der Waals surface area contributed by atoms with E-state index in [2.05, 4.69) is 11.9 Å². The van der Waals surface area contributed by atoms with Gasteiger partial charge in [-0.2, -0.15) is 0 Å². The van der Waals surface area contributed by atoms with Crippen molar-refractivity contribution in [3.8, 4) is 0 Å². The molecule has 0 N–H and O–H groups in total. The molecule has 1 atom stereocenters. The highest BCUT2D eigenvalue weighted by Crippen LogP contribution is 2.47. The first-order valence-corrected chi connectivity index (χ1v) is 6.83. The van der Waals surface area contributed by atoms with Crippen molar-refractivity contribution in [3.05, 3.63) is 29.6 Å². The van der Waals surface area contributed by atoms with Gasteiger partial charge in [0.25, 0.3) is 0 Å². The zero-order chi connectivity index (χ0) is 13.8. The van der Waals surface area contributed by atoms with Crippen molar-refractivity contribution in [1.29, 1.82) is 0 Å². The van der Waals surface area contributed by atoms with Gasteiger partial charge in [0.1, 0.15) is 11.3 Å². The Labute approximate surface area is 115 Å². The van der Waals surface area contributed by atoms with Crippen molar-refractivity contribution < 1.29 is 8.78 Å². The van der Waals surface area contributed by atoms with E-state index in [1.165, 1.54) is 6.07 Å².